The molecule has 0 spiro atoms. The first-order valence-electron chi connectivity index (χ1n) is 32.6. The summed E-state index contributed by atoms with van der Waals surface area (Å²) in [7, 11) is 0. The molecule has 2 heterocycles. The Morgan fingerprint density at radius 3 is 1.04 bits per heavy atom. The molecule has 16 aromatic rings. The monoisotopic (exact) mass is 1180 g/mol. The molecule has 0 atom stereocenters. The number of rotatable bonds is 9. The maximum Gasteiger partial charge on any atom is 0.252 e. The van der Waals surface area contributed by atoms with Crippen molar-refractivity contribution in [3.63, 3.8) is 0 Å². The Labute approximate surface area is 544 Å². The molecule has 0 bridgehead atoms. The maximum atomic E-state index is 2.67. The van der Waals surface area contributed by atoms with E-state index in [9.17, 15) is 0 Å². The molecule has 0 fully saturated rings. The molecule has 2 aliphatic heterocycles. The lowest BCUT2D eigenvalue weighted by Crippen LogP contribution is -2.61. The van der Waals surface area contributed by atoms with Crippen LogP contribution in [0.3, 0.4) is 0 Å². The lowest BCUT2D eigenvalue weighted by Gasteiger charge is -2.46. The van der Waals surface area contributed by atoms with Crippen LogP contribution in [-0.2, 0) is 5.41 Å². The van der Waals surface area contributed by atoms with Crippen molar-refractivity contribution < 1.29 is 0 Å². The van der Waals surface area contributed by atoms with E-state index in [4.69, 9.17) is 0 Å². The third-order valence-electron chi connectivity index (χ3n) is 19.9. The highest BCUT2D eigenvalue weighted by atomic mass is 15.2. The highest BCUT2D eigenvalue weighted by Gasteiger charge is 2.46. The molecular formula is C90H63BN2. The molecule has 2 nitrogen and oxygen atoms in total. The van der Waals surface area contributed by atoms with Crippen molar-refractivity contribution in [1.29, 1.82) is 0 Å². The van der Waals surface area contributed by atoms with E-state index in [1.54, 1.807) is 0 Å². The van der Waals surface area contributed by atoms with Crippen LogP contribution in [0, 0.1) is 0 Å². The van der Waals surface area contributed by atoms with Gasteiger partial charge in [0.1, 0.15) is 0 Å². The van der Waals surface area contributed by atoms with Gasteiger partial charge in [-0.2, -0.15) is 0 Å². The Kier molecular flexibility index (Phi) is 12.6. The van der Waals surface area contributed by atoms with Gasteiger partial charge in [0.25, 0.3) is 6.71 Å². The number of para-hydroxylation sites is 2. The second-order valence-corrected chi connectivity index (χ2v) is 26.3. The summed E-state index contributed by atoms with van der Waals surface area (Å²) in [5.41, 5.74) is 28.1. The second-order valence-electron chi connectivity index (χ2n) is 26.3. The Morgan fingerprint density at radius 2 is 0.602 bits per heavy atom. The summed E-state index contributed by atoms with van der Waals surface area (Å²) >= 11 is 0. The molecule has 0 unspecified atom stereocenters. The molecule has 0 N–H and O–H groups in total. The summed E-state index contributed by atoms with van der Waals surface area (Å²) in [6, 6.07) is 124. The third kappa shape index (κ3) is 8.87. The van der Waals surface area contributed by atoms with Gasteiger partial charge in [0.15, 0.2) is 0 Å². The average molecular weight is 1180 g/mol. The number of hydrogen-bond acceptors (Lipinski definition) is 2. The molecule has 436 valence electrons. The van der Waals surface area contributed by atoms with E-state index in [2.05, 4.69) is 358 Å². The summed E-state index contributed by atoms with van der Waals surface area (Å²) in [6.07, 6.45) is 0. The van der Waals surface area contributed by atoms with Crippen LogP contribution in [0.1, 0.15) is 26.3 Å². The van der Waals surface area contributed by atoms with Crippen LogP contribution in [0.15, 0.2) is 328 Å². The fraction of sp³-hybridized carbons (Fsp3) is 0.0444. The van der Waals surface area contributed by atoms with Gasteiger partial charge in [-0.3, -0.25) is 0 Å². The van der Waals surface area contributed by atoms with Crippen molar-refractivity contribution in [2.75, 3.05) is 9.80 Å². The van der Waals surface area contributed by atoms with Crippen molar-refractivity contribution in [1.82, 2.24) is 0 Å². The molecule has 93 heavy (non-hydrogen) atoms. The number of nitrogens with zero attached hydrogens (tertiary/aromatic N) is 2. The van der Waals surface area contributed by atoms with Gasteiger partial charge < -0.3 is 9.80 Å². The predicted octanol–water partition coefficient (Wildman–Crippen LogP) is 22.8. The van der Waals surface area contributed by atoms with Crippen LogP contribution < -0.4 is 26.2 Å². The zero-order chi connectivity index (χ0) is 61.9. The quantitative estimate of drug-likeness (QED) is 0.0807. The fourth-order valence-electron chi connectivity index (χ4n) is 15.6. The van der Waals surface area contributed by atoms with Crippen LogP contribution >= 0.6 is 0 Å². The normalized spacial score (nSPS) is 12.6. The van der Waals surface area contributed by atoms with Gasteiger partial charge in [0, 0.05) is 45.0 Å². The van der Waals surface area contributed by atoms with Crippen LogP contribution in [0.5, 0.6) is 0 Å². The largest absolute Gasteiger partial charge is 0.310 e. The van der Waals surface area contributed by atoms with Crippen LogP contribution in [0.25, 0.3) is 121 Å². The molecule has 2 aliphatic rings. The Balaban J connectivity index is 1.00. The first kappa shape index (κ1) is 54.4. The van der Waals surface area contributed by atoms with Crippen molar-refractivity contribution in [3.05, 3.63) is 333 Å². The summed E-state index contributed by atoms with van der Waals surface area (Å²) in [5.74, 6) is 0. The smallest absolute Gasteiger partial charge is 0.252 e. The summed E-state index contributed by atoms with van der Waals surface area (Å²) < 4.78 is 0. The van der Waals surface area contributed by atoms with Crippen LogP contribution in [0.4, 0.5) is 34.1 Å². The summed E-state index contributed by atoms with van der Waals surface area (Å²) in [5, 5.41) is 10.3. The Morgan fingerprint density at radius 1 is 0.247 bits per heavy atom. The fourth-order valence-corrected chi connectivity index (χ4v) is 15.6. The lowest BCUT2D eigenvalue weighted by molar-refractivity contribution is 0.590. The average Bonchev–Trinajstić information content (AvgIpc) is 0.693. The van der Waals surface area contributed by atoms with Crippen LogP contribution in [0.2, 0.25) is 0 Å². The Hall–Kier alpha value is -11.5. The highest BCUT2D eigenvalue weighted by molar-refractivity contribution is 7.00. The van der Waals surface area contributed by atoms with Crippen molar-refractivity contribution in [2.45, 2.75) is 26.2 Å². The van der Waals surface area contributed by atoms with Gasteiger partial charge in [-0.1, -0.05) is 312 Å². The molecule has 18 rings (SSSR count). The first-order valence-corrected chi connectivity index (χ1v) is 32.6. The van der Waals surface area contributed by atoms with E-state index in [-0.39, 0.29) is 12.1 Å². The number of fused-ring (bicyclic) bond motifs is 6. The standard InChI is InChI=1S/C90H63BN2/c1-90(2,3)70-48-44-59(45-49-70)69-56-83-87-84(57-69)93(89-73(62-30-15-7-16-31-62)39-23-40-74(89)63-32-17-8-18-33-63)82-51-47-66(68-52-67-36-21-42-76-75-41-19-34-64-35-20-43-77(85(64)75)78(53-68)86(67)76)55-80(82)91(87)79-54-65(58-24-9-4-10-25-58)46-50-81(79)92(83)88-71(60-26-11-5-12-27-60)37-22-38-72(88)61-28-13-6-14-29-61/h4-57H,1-3H3. The third-order valence-corrected chi connectivity index (χ3v) is 19.9. The van der Waals surface area contributed by atoms with Gasteiger partial charge in [0.2, 0.25) is 0 Å². The van der Waals surface area contributed by atoms with E-state index < -0.39 is 0 Å². The molecular weight excluding hydrogens is 1120 g/mol. The van der Waals surface area contributed by atoms with E-state index in [1.807, 2.05) is 0 Å². The SMILES string of the molecule is CC(C)(C)c1ccc(-c2cc3c4c(c2)N(c2c(-c5ccccc5)cccc2-c2ccccc2)c2ccc(-c5cc6cccc7c8cccc9cccc(c(c5)c67)c98)cc2B4c2cc(-c4ccccc4)ccc2N3c2c(-c3ccccc3)cccc2-c2ccccc2)cc1. The van der Waals surface area contributed by atoms with Gasteiger partial charge in [-0.05, 0) is 162 Å². The minimum atomic E-state index is -0.229. The van der Waals surface area contributed by atoms with Crippen molar-refractivity contribution >= 4 is 100 Å². The topological polar surface area (TPSA) is 6.48 Å². The zero-order valence-corrected chi connectivity index (χ0v) is 52.1. The zero-order valence-electron chi connectivity index (χ0n) is 52.1. The minimum absolute atomic E-state index is 0.0254. The van der Waals surface area contributed by atoms with Gasteiger partial charge in [0.05, 0.1) is 11.4 Å². The Bertz CT molecular complexity index is 5440. The van der Waals surface area contributed by atoms with Crippen molar-refractivity contribution in [3.8, 4) is 77.9 Å². The van der Waals surface area contributed by atoms with Gasteiger partial charge in [-0.25, -0.2) is 0 Å². The molecule has 3 heteroatoms. The van der Waals surface area contributed by atoms with Gasteiger partial charge >= 0.3 is 0 Å². The second kappa shape index (κ2) is 21.6. The summed E-state index contributed by atoms with van der Waals surface area (Å²) in [6.45, 7) is 6.69. The van der Waals surface area contributed by atoms with Crippen molar-refractivity contribution in [2.24, 2.45) is 0 Å². The van der Waals surface area contributed by atoms with E-state index in [1.165, 1.54) is 87.3 Å². The summed E-state index contributed by atoms with van der Waals surface area (Å²) in [4.78, 5) is 5.33. The number of anilines is 6. The first-order chi connectivity index (χ1) is 45.8. The molecule has 16 aromatic carbocycles. The molecule has 0 aromatic heterocycles. The van der Waals surface area contributed by atoms with E-state index >= 15 is 0 Å². The van der Waals surface area contributed by atoms with Gasteiger partial charge in [-0.15, -0.1) is 0 Å². The maximum absolute atomic E-state index is 2.67. The highest BCUT2D eigenvalue weighted by Crippen LogP contribution is 2.54. The molecule has 0 aliphatic carbocycles. The lowest BCUT2D eigenvalue weighted by atomic mass is 9.33. The van der Waals surface area contributed by atoms with E-state index in [0.717, 1.165) is 89.8 Å². The minimum Gasteiger partial charge on any atom is -0.310 e. The van der Waals surface area contributed by atoms with E-state index in [0.29, 0.717) is 0 Å². The molecule has 0 saturated heterocycles. The number of hydrogen-bond donors (Lipinski definition) is 0. The number of benzene rings is 16. The molecule has 0 amide bonds. The molecule has 0 radical (unpaired) electrons. The van der Waals surface area contributed by atoms with Crippen LogP contribution in [-0.4, -0.2) is 6.71 Å². The molecule has 0 saturated carbocycles. The predicted molar refractivity (Wildman–Crippen MR) is 398 cm³/mol.